The lowest BCUT2D eigenvalue weighted by Crippen LogP contribution is -2.16. The summed E-state index contributed by atoms with van der Waals surface area (Å²) >= 11 is 0. The summed E-state index contributed by atoms with van der Waals surface area (Å²) < 4.78 is 12.0. The first-order chi connectivity index (χ1) is 12.0. The maximum absolute atomic E-state index is 12.3. The number of allylic oxidation sites excluding steroid dienone is 1. The van der Waals surface area contributed by atoms with Crippen molar-refractivity contribution in [3.8, 4) is 6.07 Å². The molecule has 2 heterocycles. The Morgan fingerprint density at radius 2 is 2.20 bits per heavy atom. The Balaban J connectivity index is 2.07. The van der Waals surface area contributed by atoms with Crippen LogP contribution in [0.4, 0.5) is 0 Å². The first kappa shape index (κ1) is 18.0. The molecule has 25 heavy (non-hydrogen) atoms. The molecule has 0 N–H and O–H groups in total. The van der Waals surface area contributed by atoms with Gasteiger partial charge in [-0.25, -0.2) is 4.79 Å². The van der Waals surface area contributed by atoms with Crippen LogP contribution in [0.1, 0.15) is 27.5 Å². The third kappa shape index (κ3) is 4.15. The molecule has 128 valence electrons. The van der Waals surface area contributed by atoms with Crippen LogP contribution >= 0.6 is 0 Å². The van der Waals surface area contributed by atoms with Gasteiger partial charge in [-0.2, -0.15) is 5.26 Å². The van der Waals surface area contributed by atoms with Gasteiger partial charge in [0.1, 0.15) is 17.4 Å². The van der Waals surface area contributed by atoms with E-state index in [0.29, 0.717) is 17.9 Å². The normalized spacial score (nSPS) is 11.0. The highest BCUT2D eigenvalue weighted by atomic mass is 16.5. The lowest BCUT2D eigenvalue weighted by Gasteiger charge is -2.06. The van der Waals surface area contributed by atoms with Crippen molar-refractivity contribution < 1.29 is 18.7 Å². The maximum Gasteiger partial charge on any atom is 0.349 e. The summed E-state index contributed by atoms with van der Waals surface area (Å²) in [5, 5.41) is 9.06. The summed E-state index contributed by atoms with van der Waals surface area (Å²) in [5.41, 5.74) is 1.95. The fourth-order valence-corrected chi connectivity index (χ4v) is 2.43. The average molecular weight is 338 g/mol. The molecular weight excluding hydrogens is 320 g/mol. The van der Waals surface area contributed by atoms with Crippen molar-refractivity contribution in [2.24, 2.45) is 0 Å². The van der Waals surface area contributed by atoms with Crippen molar-refractivity contribution in [3.63, 3.8) is 0 Å². The highest BCUT2D eigenvalue weighted by molar-refractivity contribution is 6.02. The van der Waals surface area contributed by atoms with Gasteiger partial charge in [-0.1, -0.05) is 6.08 Å². The number of carbonyl (C=O) groups excluding carboxylic acids is 2. The first-order valence-electron chi connectivity index (χ1n) is 7.61. The second-order valence-electron chi connectivity index (χ2n) is 5.37. The predicted octanol–water partition coefficient (Wildman–Crippen LogP) is 3.22. The van der Waals surface area contributed by atoms with Crippen LogP contribution < -0.4 is 0 Å². The highest BCUT2D eigenvalue weighted by Crippen LogP contribution is 2.16. The molecule has 2 aromatic rings. The molecule has 0 amide bonds. The number of nitrogens with zero attached hydrogens (tertiary/aromatic N) is 2. The molecule has 0 unspecified atom stereocenters. The van der Waals surface area contributed by atoms with Gasteiger partial charge >= 0.3 is 5.97 Å². The number of furan rings is 1. The van der Waals surface area contributed by atoms with E-state index in [9.17, 15) is 9.59 Å². The maximum atomic E-state index is 12.3. The Bertz CT molecular complexity index is 864. The number of ketones is 1. The van der Waals surface area contributed by atoms with Crippen LogP contribution in [0.15, 0.2) is 47.1 Å². The number of esters is 1. The molecule has 0 spiro atoms. The smallest absolute Gasteiger partial charge is 0.349 e. The van der Waals surface area contributed by atoms with E-state index in [1.807, 2.05) is 18.4 Å². The van der Waals surface area contributed by atoms with Crippen molar-refractivity contribution >= 4 is 17.8 Å². The summed E-state index contributed by atoms with van der Waals surface area (Å²) in [6, 6.07) is 6.73. The van der Waals surface area contributed by atoms with E-state index >= 15 is 0 Å². The fraction of sp³-hybridized carbons (Fsp3) is 0.211. The van der Waals surface area contributed by atoms with Crippen molar-refractivity contribution in [1.29, 1.82) is 5.26 Å². The number of aromatic nitrogens is 1. The lowest BCUT2D eigenvalue weighted by atomic mass is 10.1. The standard InChI is InChI=1S/C19H18N2O4/c1-4-7-21-13(2)9-17(14(21)3)18(22)12-25-19(23)15(11-20)10-16-6-5-8-24-16/h4-6,8-10H,1,7,12H2,2-3H3. The summed E-state index contributed by atoms with van der Waals surface area (Å²) in [7, 11) is 0. The van der Waals surface area contributed by atoms with Crippen LogP contribution in [0.25, 0.3) is 6.08 Å². The summed E-state index contributed by atoms with van der Waals surface area (Å²) in [4.78, 5) is 24.3. The van der Waals surface area contributed by atoms with Gasteiger partial charge in [0.05, 0.1) is 6.26 Å². The van der Waals surface area contributed by atoms with Gasteiger partial charge in [0.25, 0.3) is 0 Å². The average Bonchev–Trinajstić information content (AvgIpc) is 3.20. The number of Topliss-reactive ketones (excluding diaryl/α,β-unsaturated/α-hetero) is 1. The Morgan fingerprint density at radius 3 is 2.80 bits per heavy atom. The first-order valence-corrected chi connectivity index (χ1v) is 7.61. The number of hydrogen-bond acceptors (Lipinski definition) is 5. The molecule has 0 bridgehead atoms. The van der Waals surface area contributed by atoms with Gasteiger partial charge in [0.2, 0.25) is 5.78 Å². The van der Waals surface area contributed by atoms with Gasteiger partial charge in [0, 0.05) is 29.6 Å². The molecule has 0 aliphatic rings. The number of carbonyl (C=O) groups is 2. The molecule has 2 aromatic heterocycles. The quantitative estimate of drug-likeness (QED) is 0.254. The van der Waals surface area contributed by atoms with E-state index in [1.165, 1.54) is 12.3 Å². The second-order valence-corrected chi connectivity index (χ2v) is 5.37. The molecule has 6 nitrogen and oxygen atoms in total. The molecular formula is C19H18N2O4. The Morgan fingerprint density at radius 1 is 1.44 bits per heavy atom. The van der Waals surface area contributed by atoms with Crippen LogP contribution in [-0.2, 0) is 16.1 Å². The third-order valence-corrected chi connectivity index (χ3v) is 3.69. The molecule has 0 saturated carbocycles. The van der Waals surface area contributed by atoms with Gasteiger partial charge in [-0.15, -0.1) is 6.58 Å². The number of aryl methyl sites for hydroxylation is 1. The zero-order valence-electron chi connectivity index (χ0n) is 14.1. The Hall–Kier alpha value is -3.33. The van der Waals surface area contributed by atoms with Gasteiger partial charge < -0.3 is 13.7 Å². The zero-order valence-corrected chi connectivity index (χ0v) is 14.1. The topological polar surface area (TPSA) is 85.2 Å². The van der Waals surface area contributed by atoms with E-state index in [-0.39, 0.29) is 11.4 Å². The van der Waals surface area contributed by atoms with E-state index in [1.54, 1.807) is 30.3 Å². The molecule has 0 aliphatic heterocycles. The summed E-state index contributed by atoms with van der Waals surface area (Å²) in [6.07, 6.45) is 4.43. The van der Waals surface area contributed by atoms with Gasteiger partial charge in [0.15, 0.2) is 6.61 Å². The van der Waals surface area contributed by atoms with Crippen LogP contribution in [0.5, 0.6) is 0 Å². The van der Waals surface area contributed by atoms with Gasteiger partial charge in [-0.05, 0) is 32.0 Å². The predicted molar refractivity (Wildman–Crippen MR) is 91.7 cm³/mol. The van der Waals surface area contributed by atoms with Crippen LogP contribution in [0, 0.1) is 25.2 Å². The monoisotopic (exact) mass is 338 g/mol. The van der Waals surface area contributed by atoms with E-state index in [4.69, 9.17) is 14.4 Å². The molecule has 0 atom stereocenters. The molecule has 0 radical (unpaired) electrons. The number of hydrogen-bond donors (Lipinski definition) is 0. The molecule has 2 rings (SSSR count). The fourth-order valence-electron chi connectivity index (χ4n) is 2.43. The molecule has 0 fully saturated rings. The number of nitriles is 1. The molecule has 6 heteroatoms. The number of ether oxygens (including phenoxy) is 1. The highest BCUT2D eigenvalue weighted by Gasteiger charge is 2.18. The second kappa shape index (κ2) is 7.97. The minimum Gasteiger partial charge on any atom is -0.465 e. The van der Waals surface area contributed by atoms with Crippen LogP contribution in [0.2, 0.25) is 0 Å². The SMILES string of the molecule is C=CCn1c(C)cc(C(=O)COC(=O)C(C#N)=Cc2ccco2)c1C. The van der Waals surface area contributed by atoms with E-state index in [2.05, 4.69) is 6.58 Å². The largest absolute Gasteiger partial charge is 0.465 e. The van der Waals surface area contributed by atoms with Crippen molar-refractivity contribution in [3.05, 3.63) is 65.4 Å². The molecule has 0 saturated heterocycles. The Kier molecular flexibility index (Phi) is 5.75. The zero-order chi connectivity index (χ0) is 18.4. The minimum absolute atomic E-state index is 0.236. The lowest BCUT2D eigenvalue weighted by molar-refractivity contribution is -0.137. The van der Waals surface area contributed by atoms with Crippen molar-refractivity contribution in [2.75, 3.05) is 6.61 Å². The summed E-state index contributed by atoms with van der Waals surface area (Å²) in [6.45, 7) is 7.56. The molecule has 0 aliphatic carbocycles. The Labute approximate surface area is 145 Å². The third-order valence-electron chi connectivity index (χ3n) is 3.69. The molecule has 0 aromatic carbocycles. The van der Waals surface area contributed by atoms with Gasteiger partial charge in [-0.3, -0.25) is 4.79 Å². The van der Waals surface area contributed by atoms with Crippen molar-refractivity contribution in [1.82, 2.24) is 4.57 Å². The van der Waals surface area contributed by atoms with Crippen molar-refractivity contribution in [2.45, 2.75) is 20.4 Å². The minimum atomic E-state index is -0.868. The van der Waals surface area contributed by atoms with Crippen LogP contribution in [0.3, 0.4) is 0 Å². The van der Waals surface area contributed by atoms with E-state index in [0.717, 1.165) is 11.4 Å². The van der Waals surface area contributed by atoms with E-state index < -0.39 is 12.6 Å². The number of rotatable bonds is 7. The van der Waals surface area contributed by atoms with Crippen LogP contribution in [-0.4, -0.2) is 22.9 Å². The summed E-state index contributed by atoms with van der Waals surface area (Å²) in [5.74, 6) is -0.841.